The van der Waals surface area contributed by atoms with Gasteiger partial charge in [0.2, 0.25) is 10.0 Å². The number of carbonyl (C=O) groups excluding carboxylic acids is 1. The summed E-state index contributed by atoms with van der Waals surface area (Å²) in [5.74, 6) is 1.00. The maximum atomic E-state index is 12.0. The van der Waals surface area contributed by atoms with Gasteiger partial charge in [0.05, 0.1) is 18.0 Å². The average molecular weight is 407 g/mol. The van der Waals surface area contributed by atoms with Crippen molar-refractivity contribution in [3.63, 3.8) is 0 Å². The van der Waals surface area contributed by atoms with Crippen molar-refractivity contribution < 1.29 is 22.7 Å². The Morgan fingerprint density at radius 1 is 1.11 bits per heavy atom. The molecule has 0 spiro atoms. The van der Waals surface area contributed by atoms with E-state index in [0.29, 0.717) is 18.0 Å². The first-order valence-corrected chi connectivity index (χ1v) is 10.7. The van der Waals surface area contributed by atoms with E-state index in [2.05, 4.69) is 5.32 Å². The average Bonchev–Trinajstić information content (AvgIpc) is 2.65. The maximum Gasteiger partial charge on any atom is 0.258 e. The summed E-state index contributed by atoms with van der Waals surface area (Å²) in [5, 5.41) is 2.81. The van der Waals surface area contributed by atoms with Gasteiger partial charge in [-0.05, 0) is 49.7 Å². The third kappa shape index (κ3) is 6.45. The number of hydrogen-bond acceptors (Lipinski definition) is 5. The van der Waals surface area contributed by atoms with E-state index in [1.807, 2.05) is 38.1 Å². The molecule has 0 fully saturated rings. The Balaban J connectivity index is 1.78. The van der Waals surface area contributed by atoms with Crippen LogP contribution in [-0.4, -0.2) is 46.9 Å². The molecule has 0 radical (unpaired) electrons. The number of nitrogens with one attached hydrogen (secondary N) is 1. The molecule has 1 N–H and O–H groups in total. The predicted octanol–water partition coefficient (Wildman–Crippen LogP) is 2.35. The second kappa shape index (κ2) is 9.45. The van der Waals surface area contributed by atoms with Gasteiger partial charge in [0.1, 0.15) is 18.1 Å². The number of aryl methyl sites for hydroxylation is 1. The van der Waals surface area contributed by atoms with Crippen molar-refractivity contribution in [1.29, 1.82) is 0 Å². The number of para-hydroxylation sites is 1. The van der Waals surface area contributed by atoms with Crippen LogP contribution in [0, 0.1) is 6.92 Å². The number of benzene rings is 2. The minimum absolute atomic E-state index is 0.143. The SMILES string of the molecule is Cc1ccccc1OC[C@H](C)NC(=O)COc1ccc(N(C)S(C)(=O)=O)cc1. The van der Waals surface area contributed by atoms with Crippen molar-refractivity contribution >= 4 is 21.6 Å². The van der Waals surface area contributed by atoms with Gasteiger partial charge in [-0.15, -0.1) is 0 Å². The molecule has 0 aromatic heterocycles. The first kappa shape index (κ1) is 21.6. The van der Waals surface area contributed by atoms with E-state index in [1.54, 1.807) is 24.3 Å². The van der Waals surface area contributed by atoms with Crippen LogP contribution >= 0.6 is 0 Å². The zero-order valence-electron chi connectivity index (χ0n) is 16.5. The predicted molar refractivity (Wildman–Crippen MR) is 109 cm³/mol. The Morgan fingerprint density at radius 2 is 1.75 bits per heavy atom. The van der Waals surface area contributed by atoms with Crippen molar-refractivity contribution in [3.8, 4) is 11.5 Å². The number of ether oxygens (including phenoxy) is 2. The zero-order chi connectivity index (χ0) is 20.7. The van der Waals surface area contributed by atoms with E-state index in [0.717, 1.165) is 17.6 Å². The summed E-state index contributed by atoms with van der Waals surface area (Å²) in [6, 6.07) is 14.0. The summed E-state index contributed by atoms with van der Waals surface area (Å²) < 4.78 is 35.4. The van der Waals surface area contributed by atoms with Crippen LogP contribution in [0.15, 0.2) is 48.5 Å². The van der Waals surface area contributed by atoms with Crippen LogP contribution in [0.3, 0.4) is 0 Å². The molecule has 2 rings (SSSR count). The van der Waals surface area contributed by atoms with Crippen molar-refractivity contribution in [2.75, 3.05) is 30.8 Å². The molecule has 0 heterocycles. The van der Waals surface area contributed by atoms with Crippen molar-refractivity contribution in [1.82, 2.24) is 5.32 Å². The van der Waals surface area contributed by atoms with Gasteiger partial charge in [0.25, 0.3) is 5.91 Å². The highest BCUT2D eigenvalue weighted by atomic mass is 32.2. The largest absolute Gasteiger partial charge is 0.491 e. The van der Waals surface area contributed by atoms with E-state index in [-0.39, 0.29) is 18.6 Å². The minimum Gasteiger partial charge on any atom is -0.491 e. The molecule has 0 aliphatic rings. The first-order chi connectivity index (χ1) is 13.2. The quantitative estimate of drug-likeness (QED) is 0.691. The smallest absolute Gasteiger partial charge is 0.258 e. The molecule has 152 valence electrons. The fourth-order valence-electron chi connectivity index (χ4n) is 2.38. The van der Waals surface area contributed by atoms with Crippen molar-refractivity contribution in [2.45, 2.75) is 19.9 Å². The molecule has 0 bridgehead atoms. The molecule has 1 amide bonds. The monoisotopic (exact) mass is 406 g/mol. The lowest BCUT2D eigenvalue weighted by molar-refractivity contribution is -0.123. The second-order valence-electron chi connectivity index (χ2n) is 6.56. The molecule has 1 atom stereocenters. The summed E-state index contributed by atoms with van der Waals surface area (Å²) in [7, 11) is -1.85. The van der Waals surface area contributed by atoms with E-state index >= 15 is 0 Å². The lowest BCUT2D eigenvalue weighted by atomic mass is 10.2. The highest BCUT2D eigenvalue weighted by molar-refractivity contribution is 7.92. The molecule has 0 aliphatic heterocycles. The fourth-order valence-corrected chi connectivity index (χ4v) is 2.89. The Kier molecular flexibility index (Phi) is 7.28. The zero-order valence-corrected chi connectivity index (χ0v) is 17.3. The third-order valence-corrected chi connectivity index (χ3v) is 5.26. The molecule has 7 nitrogen and oxygen atoms in total. The third-order valence-electron chi connectivity index (χ3n) is 4.06. The molecule has 28 heavy (non-hydrogen) atoms. The van der Waals surface area contributed by atoms with Gasteiger partial charge in [-0.3, -0.25) is 9.10 Å². The minimum atomic E-state index is -3.32. The van der Waals surface area contributed by atoms with Crippen molar-refractivity contribution in [3.05, 3.63) is 54.1 Å². The molecule has 2 aromatic carbocycles. The van der Waals surface area contributed by atoms with E-state index < -0.39 is 10.0 Å². The molecule has 2 aromatic rings. The molecule has 0 unspecified atom stereocenters. The number of hydrogen-bond donors (Lipinski definition) is 1. The Labute approximate surface area is 166 Å². The Hall–Kier alpha value is -2.74. The topological polar surface area (TPSA) is 84.9 Å². The van der Waals surface area contributed by atoms with Crippen LogP contribution in [0.1, 0.15) is 12.5 Å². The van der Waals surface area contributed by atoms with Crippen LogP contribution in [0.2, 0.25) is 0 Å². The summed E-state index contributed by atoms with van der Waals surface area (Å²) in [6.07, 6.45) is 1.13. The number of rotatable bonds is 9. The van der Waals surface area contributed by atoms with Gasteiger partial charge in [0, 0.05) is 7.05 Å². The fraction of sp³-hybridized carbons (Fsp3) is 0.350. The number of sulfonamides is 1. The van der Waals surface area contributed by atoms with Crippen LogP contribution in [0.4, 0.5) is 5.69 Å². The lowest BCUT2D eigenvalue weighted by Gasteiger charge is -2.17. The number of amides is 1. The lowest BCUT2D eigenvalue weighted by Crippen LogP contribution is -2.39. The van der Waals surface area contributed by atoms with E-state index in [9.17, 15) is 13.2 Å². The van der Waals surface area contributed by atoms with Crippen LogP contribution < -0.4 is 19.1 Å². The van der Waals surface area contributed by atoms with Gasteiger partial charge < -0.3 is 14.8 Å². The number of nitrogens with zero attached hydrogens (tertiary/aromatic N) is 1. The van der Waals surface area contributed by atoms with Gasteiger partial charge >= 0.3 is 0 Å². The maximum absolute atomic E-state index is 12.0. The summed E-state index contributed by atoms with van der Waals surface area (Å²) in [4.78, 5) is 12.0. The Bertz CT molecular complexity index is 897. The number of carbonyl (C=O) groups is 1. The molecule has 0 aliphatic carbocycles. The normalized spacial score (nSPS) is 12.1. The van der Waals surface area contributed by atoms with Crippen LogP contribution in [0.5, 0.6) is 11.5 Å². The van der Waals surface area contributed by atoms with E-state index in [1.165, 1.54) is 11.4 Å². The standard InChI is InChI=1S/C20H26N2O5S/c1-15-7-5-6-8-19(15)27-13-16(2)21-20(23)14-26-18-11-9-17(10-12-18)22(3)28(4,24)25/h5-12,16H,13-14H2,1-4H3,(H,21,23)/t16-/m0/s1. The molecular formula is C20H26N2O5S. The summed E-state index contributed by atoms with van der Waals surface area (Å²) in [6.45, 7) is 4.02. The van der Waals surface area contributed by atoms with Crippen LogP contribution in [0.25, 0.3) is 0 Å². The Morgan fingerprint density at radius 3 is 2.36 bits per heavy atom. The van der Waals surface area contributed by atoms with E-state index in [4.69, 9.17) is 9.47 Å². The highest BCUT2D eigenvalue weighted by Gasteiger charge is 2.12. The number of anilines is 1. The molecule has 0 saturated carbocycles. The van der Waals surface area contributed by atoms with Gasteiger partial charge in [-0.1, -0.05) is 18.2 Å². The molecule has 0 saturated heterocycles. The highest BCUT2D eigenvalue weighted by Crippen LogP contribution is 2.20. The molecular weight excluding hydrogens is 380 g/mol. The molecule has 8 heteroatoms. The van der Waals surface area contributed by atoms with Gasteiger partial charge in [-0.2, -0.15) is 0 Å². The second-order valence-corrected chi connectivity index (χ2v) is 8.57. The van der Waals surface area contributed by atoms with Gasteiger partial charge in [-0.25, -0.2) is 8.42 Å². The summed E-state index contributed by atoms with van der Waals surface area (Å²) in [5.41, 5.74) is 1.55. The van der Waals surface area contributed by atoms with Crippen molar-refractivity contribution in [2.24, 2.45) is 0 Å². The first-order valence-electron chi connectivity index (χ1n) is 8.81. The van der Waals surface area contributed by atoms with Gasteiger partial charge in [0.15, 0.2) is 6.61 Å². The van der Waals surface area contributed by atoms with Crippen LogP contribution in [-0.2, 0) is 14.8 Å². The summed E-state index contributed by atoms with van der Waals surface area (Å²) >= 11 is 0.